The van der Waals surface area contributed by atoms with Gasteiger partial charge in [-0.1, -0.05) is 0 Å². The van der Waals surface area contributed by atoms with Gasteiger partial charge in [-0.25, -0.2) is 4.98 Å². The van der Waals surface area contributed by atoms with Crippen molar-refractivity contribution in [2.24, 2.45) is 5.84 Å². The van der Waals surface area contributed by atoms with Gasteiger partial charge in [0.25, 0.3) is 0 Å². The first-order chi connectivity index (χ1) is 6.22. The molecule has 0 aliphatic rings. The van der Waals surface area contributed by atoms with Gasteiger partial charge in [-0.3, -0.25) is 11.3 Å². The molecule has 0 amide bonds. The molecule has 0 aliphatic heterocycles. The monoisotopic (exact) mass is 200 g/mol. The lowest BCUT2D eigenvalue weighted by Gasteiger charge is -2.18. The van der Waals surface area contributed by atoms with Crippen molar-refractivity contribution in [2.45, 2.75) is 12.5 Å². The molecule has 1 rings (SSSR count). The summed E-state index contributed by atoms with van der Waals surface area (Å²) in [5.74, 6) is 5.44. The summed E-state index contributed by atoms with van der Waals surface area (Å²) in [6.45, 7) is 0.927. The van der Waals surface area contributed by atoms with Gasteiger partial charge in [0.05, 0.1) is 5.01 Å². The fraction of sp³-hybridized carbons (Fsp3) is 0.625. The van der Waals surface area contributed by atoms with Crippen LogP contribution in [0.15, 0.2) is 11.6 Å². The van der Waals surface area contributed by atoms with E-state index in [0.29, 0.717) is 0 Å². The molecule has 0 spiro atoms. The van der Waals surface area contributed by atoms with Gasteiger partial charge in [0.15, 0.2) is 0 Å². The Balaban J connectivity index is 2.40. The summed E-state index contributed by atoms with van der Waals surface area (Å²) in [6, 6.07) is 0.279. The van der Waals surface area contributed by atoms with Crippen molar-refractivity contribution in [1.29, 1.82) is 0 Å². The van der Waals surface area contributed by atoms with Crippen LogP contribution in [-0.4, -0.2) is 36.6 Å². The first-order valence-electron chi connectivity index (χ1n) is 4.21. The maximum atomic E-state index is 5.44. The highest BCUT2D eigenvalue weighted by Gasteiger charge is 2.09. The summed E-state index contributed by atoms with van der Waals surface area (Å²) >= 11 is 1.67. The van der Waals surface area contributed by atoms with E-state index in [1.165, 1.54) is 0 Å². The molecule has 0 fully saturated rings. The maximum absolute atomic E-state index is 5.44. The Kier molecular flexibility index (Phi) is 4.31. The van der Waals surface area contributed by atoms with Crippen LogP contribution in [0.3, 0.4) is 0 Å². The van der Waals surface area contributed by atoms with Crippen LogP contribution < -0.4 is 11.3 Å². The Hall–Kier alpha value is -0.490. The third-order valence-corrected chi connectivity index (χ3v) is 2.53. The summed E-state index contributed by atoms with van der Waals surface area (Å²) in [4.78, 5) is 6.32. The lowest BCUT2D eigenvalue weighted by atomic mass is 10.2. The number of hydrogen-bond donors (Lipinski definition) is 2. The highest BCUT2D eigenvalue weighted by atomic mass is 32.1. The molecule has 0 saturated heterocycles. The molecule has 1 unspecified atom stereocenters. The Morgan fingerprint density at radius 1 is 1.69 bits per heavy atom. The fourth-order valence-corrected chi connectivity index (χ4v) is 1.88. The van der Waals surface area contributed by atoms with Gasteiger partial charge in [0, 0.05) is 30.6 Å². The van der Waals surface area contributed by atoms with Crippen molar-refractivity contribution in [1.82, 2.24) is 15.3 Å². The van der Waals surface area contributed by atoms with Gasteiger partial charge in [-0.2, -0.15) is 0 Å². The van der Waals surface area contributed by atoms with Crippen molar-refractivity contribution in [2.75, 3.05) is 20.6 Å². The number of nitrogens with zero attached hydrogens (tertiary/aromatic N) is 2. The van der Waals surface area contributed by atoms with Gasteiger partial charge in [0.1, 0.15) is 0 Å². The maximum Gasteiger partial charge on any atom is 0.0941 e. The Bertz CT molecular complexity index is 222. The summed E-state index contributed by atoms with van der Waals surface area (Å²) in [6.07, 6.45) is 2.72. The average Bonchev–Trinajstić information content (AvgIpc) is 2.55. The van der Waals surface area contributed by atoms with Gasteiger partial charge in [-0.15, -0.1) is 11.3 Å². The number of likely N-dealkylation sites (N-methyl/N-ethyl adjacent to an activating group) is 1. The number of rotatable bonds is 5. The first-order valence-corrected chi connectivity index (χ1v) is 5.09. The van der Waals surface area contributed by atoms with E-state index in [2.05, 4.69) is 15.3 Å². The van der Waals surface area contributed by atoms with Crippen molar-refractivity contribution >= 4 is 11.3 Å². The molecule has 0 saturated carbocycles. The predicted octanol–water partition coefficient (Wildman–Crippen LogP) is 0.0791. The molecule has 5 heteroatoms. The van der Waals surface area contributed by atoms with E-state index in [1.54, 1.807) is 11.3 Å². The molecule has 0 aromatic carbocycles. The SMILES string of the molecule is CN(C)CC(Cc1nccs1)NN. The van der Waals surface area contributed by atoms with E-state index in [1.807, 2.05) is 25.7 Å². The van der Waals surface area contributed by atoms with Gasteiger partial charge in [-0.05, 0) is 14.1 Å². The zero-order valence-corrected chi connectivity index (χ0v) is 8.84. The minimum atomic E-state index is 0.279. The van der Waals surface area contributed by atoms with Crippen molar-refractivity contribution < 1.29 is 0 Å². The summed E-state index contributed by atoms with van der Waals surface area (Å²) in [5.41, 5.74) is 2.80. The normalized spacial score (nSPS) is 13.5. The molecule has 1 heterocycles. The third kappa shape index (κ3) is 3.82. The number of aromatic nitrogens is 1. The first kappa shape index (κ1) is 10.6. The van der Waals surface area contributed by atoms with Crippen molar-refractivity contribution in [3.63, 3.8) is 0 Å². The van der Waals surface area contributed by atoms with E-state index in [0.717, 1.165) is 18.0 Å². The summed E-state index contributed by atoms with van der Waals surface area (Å²) in [7, 11) is 4.07. The zero-order valence-electron chi connectivity index (χ0n) is 8.03. The van der Waals surface area contributed by atoms with Crippen LogP contribution in [0.25, 0.3) is 0 Å². The van der Waals surface area contributed by atoms with E-state index < -0.39 is 0 Å². The van der Waals surface area contributed by atoms with Crippen LogP contribution >= 0.6 is 11.3 Å². The van der Waals surface area contributed by atoms with Crippen molar-refractivity contribution in [3.8, 4) is 0 Å². The van der Waals surface area contributed by atoms with E-state index in [-0.39, 0.29) is 6.04 Å². The minimum Gasteiger partial charge on any atom is -0.308 e. The number of hydrazine groups is 1. The van der Waals surface area contributed by atoms with Crippen LogP contribution in [0.4, 0.5) is 0 Å². The van der Waals surface area contributed by atoms with Crippen LogP contribution in [0, 0.1) is 0 Å². The quantitative estimate of drug-likeness (QED) is 0.522. The lowest BCUT2D eigenvalue weighted by molar-refractivity contribution is 0.338. The standard InChI is InChI=1S/C8H16N4S/c1-12(2)6-7(11-9)5-8-10-3-4-13-8/h3-4,7,11H,5-6,9H2,1-2H3. The number of thiazole rings is 1. The molecule has 0 bridgehead atoms. The van der Waals surface area contributed by atoms with Gasteiger partial charge < -0.3 is 4.90 Å². The molecule has 1 aromatic heterocycles. The van der Waals surface area contributed by atoms with Gasteiger partial charge in [0.2, 0.25) is 0 Å². The highest BCUT2D eigenvalue weighted by molar-refractivity contribution is 7.09. The van der Waals surface area contributed by atoms with Crippen molar-refractivity contribution in [3.05, 3.63) is 16.6 Å². The molecule has 13 heavy (non-hydrogen) atoms. The predicted molar refractivity (Wildman–Crippen MR) is 55.5 cm³/mol. The molecular weight excluding hydrogens is 184 g/mol. The van der Waals surface area contributed by atoms with Crippen LogP contribution in [0.5, 0.6) is 0 Å². The molecule has 4 nitrogen and oxygen atoms in total. The number of nitrogens with one attached hydrogen (secondary N) is 1. The lowest BCUT2D eigenvalue weighted by Crippen LogP contribution is -2.43. The summed E-state index contributed by atoms with van der Waals surface area (Å²) in [5, 5.41) is 3.11. The highest BCUT2D eigenvalue weighted by Crippen LogP contribution is 2.06. The fourth-order valence-electron chi connectivity index (χ4n) is 1.18. The Morgan fingerprint density at radius 2 is 2.46 bits per heavy atom. The molecule has 1 atom stereocenters. The number of nitrogens with two attached hydrogens (primary N) is 1. The van der Waals surface area contributed by atoms with E-state index >= 15 is 0 Å². The van der Waals surface area contributed by atoms with E-state index in [9.17, 15) is 0 Å². The summed E-state index contributed by atoms with van der Waals surface area (Å²) < 4.78 is 0. The molecule has 1 aromatic rings. The average molecular weight is 200 g/mol. The van der Waals surface area contributed by atoms with Crippen LogP contribution in [0.2, 0.25) is 0 Å². The Morgan fingerprint density at radius 3 is 2.92 bits per heavy atom. The second-order valence-corrected chi connectivity index (χ2v) is 4.23. The third-order valence-electron chi connectivity index (χ3n) is 1.73. The van der Waals surface area contributed by atoms with E-state index in [4.69, 9.17) is 5.84 Å². The topological polar surface area (TPSA) is 54.2 Å². The molecular formula is C8H16N4S. The largest absolute Gasteiger partial charge is 0.308 e. The number of hydrogen-bond acceptors (Lipinski definition) is 5. The molecule has 0 aliphatic carbocycles. The molecule has 0 radical (unpaired) electrons. The van der Waals surface area contributed by atoms with Gasteiger partial charge >= 0.3 is 0 Å². The second kappa shape index (κ2) is 5.29. The second-order valence-electron chi connectivity index (χ2n) is 3.26. The molecule has 74 valence electrons. The minimum absolute atomic E-state index is 0.279. The van der Waals surface area contributed by atoms with Crippen LogP contribution in [0.1, 0.15) is 5.01 Å². The Labute approximate surface area is 82.7 Å². The van der Waals surface area contributed by atoms with Crippen LogP contribution in [-0.2, 0) is 6.42 Å². The zero-order chi connectivity index (χ0) is 9.68. The smallest absolute Gasteiger partial charge is 0.0941 e. The molecule has 3 N–H and O–H groups in total.